The molecule has 2 fully saturated rings. The molecule has 0 spiro atoms. The molecule has 3 aliphatic rings. The van der Waals surface area contributed by atoms with E-state index >= 15 is 0 Å². The average molecular weight is 591 g/mol. The topological polar surface area (TPSA) is 100 Å². The van der Waals surface area contributed by atoms with E-state index < -0.39 is 23.8 Å². The zero-order valence-electron chi connectivity index (χ0n) is 21.0. The van der Waals surface area contributed by atoms with Crippen molar-refractivity contribution in [1.82, 2.24) is 14.8 Å². The molecule has 2 amide bonds. The van der Waals surface area contributed by atoms with E-state index in [0.29, 0.717) is 57.7 Å². The van der Waals surface area contributed by atoms with E-state index in [0.717, 1.165) is 44.7 Å². The van der Waals surface area contributed by atoms with Crippen LogP contribution in [0.25, 0.3) is 0 Å². The molecule has 1 saturated heterocycles. The molecule has 1 N–H and O–H groups in total. The third kappa shape index (κ3) is 5.41. The maximum absolute atomic E-state index is 14.0. The number of hydrogen-bond acceptors (Lipinski definition) is 6. The van der Waals surface area contributed by atoms with Gasteiger partial charge in [0.1, 0.15) is 17.4 Å². The lowest BCUT2D eigenvalue weighted by Crippen LogP contribution is -2.50. The van der Waals surface area contributed by atoms with Crippen molar-refractivity contribution in [3.05, 3.63) is 43.8 Å². The van der Waals surface area contributed by atoms with E-state index in [9.17, 15) is 19.5 Å². The quantitative estimate of drug-likeness (QED) is 0.501. The zero-order valence-corrected chi connectivity index (χ0v) is 23.4. The molecule has 2 aromatic rings. The number of benzene rings is 1. The summed E-state index contributed by atoms with van der Waals surface area (Å²) in [7, 11) is 0. The predicted octanol–water partition coefficient (Wildman–Crippen LogP) is 4.73. The number of hydrogen-bond donors (Lipinski definition) is 1. The molecule has 5 rings (SSSR count). The Morgan fingerprint density at radius 3 is 2.62 bits per heavy atom. The molecule has 0 radical (unpaired) electrons. The van der Waals surface area contributed by atoms with Crippen LogP contribution in [-0.4, -0.2) is 57.3 Å². The molecule has 1 saturated carbocycles. The van der Waals surface area contributed by atoms with Crippen LogP contribution >= 0.6 is 27.3 Å². The number of carboxylic acids is 1. The van der Waals surface area contributed by atoms with Crippen LogP contribution in [0.15, 0.2) is 22.8 Å². The molecule has 3 heterocycles. The van der Waals surface area contributed by atoms with Crippen molar-refractivity contribution >= 4 is 45.1 Å². The number of carbonyl (C=O) groups is 3. The van der Waals surface area contributed by atoms with Crippen LogP contribution in [0.2, 0.25) is 0 Å². The standard InChI is InChI=1S/C27H32BrN3O5S/c1-16-13-29-23(37-16)15-36-22-9-8-20(28)19-10-12-31(21(25(19)22)14-30-11-4-7-24(30)32)26(33)17-5-2-3-6-18(17)27(34)35/h8-9,13,17-18,21H,2-7,10-12,14-15H2,1H3,(H,34,35)/t17?,18-,21-/m1/s1. The first-order valence-electron chi connectivity index (χ1n) is 13.0. The number of amides is 2. The van der Waals surface area contributed by atoms with Crippen LogP contribution in [0.1, 0.15) is 65.6 Å². The third-order valence-electron chi connectivity index (χ3n) is 7.84. The van der Waals surface area contributed by atoms with Gasteiger partial charge in [-0.3, -0.25) is 14.4 Å². The second kappa shape index (κ2) is 11.1. The van der Waals surface area contributed by atoms with Crippen LogP contribution in [0.3, 0.4) is 0 Å². The Hall–Kier alpha value is -2.46. The highest BCUT2D eigenvalue weighted by Crippen LogP contribution is 2.43. The van der Waals surface area contributed by atoms with E-state index in [-0.39, 0.29) is 11.8 Å². The Morgan fingerprint density at radius 2 is 1.95 bits per heavy atom. The van der Waals surface area contributed by atoms with Gasteiger partial charge in [-0.15, -0.1) is 11.3 Å². The number of rotatable bonds is 7. The number of ether oxygens (including phenoxy) is 1. The van der Waals surface area contributed by atoms with E-state index in [1.807, 2.05) is 35.1 Å². The lowest BCUT2D eigenvalue weighted by molar-refractivity contribution is -0.154. The Balaban J connectivity index is 1.51. The fraction of sp³-hybridized carbons (Fsp3) is 0.556. The highest BCUT2D eigenvalue weighted by atomic mass is 79.9. The first-order valence-corrected chi connectivity index (χ1v) is 14.6. The normalized spacial score (nSPS) is 23.7. The number of aryl methyl sites for hydroxylation is 1. The zero-order chi connectivity index (χ0) is 26.1. The van der Waals surface area contributed by atoms with Crippen LogP contribution in [0.5, 0.6) is 5.75 Å². The van der Waals surface area contributed by atoms with Crippen LogP contribution in [0, 0.1) is 18.8 Å². The van der Waals surface area contributed by atoms with Crippen molar-refractivity contribution < 1.29 is 24.2 Å². The van der Waals surface area contributed by atoms with Gasteiger partial charge in [0, 0.05) is 47.2 Å². The Morgan fingerprint density at radius 1 is 1.16 bits per heavy atom. The molecule has 1 aromatic carbocycles. The van der Waals surface area contributed by atoms with Gasteiger partial charge >= 0.3 is 5.97 Å². The number of carbonyl (C=O) groups excluding carboxylic acids is 2. The van der Waals surface area contributed by atoms with Gasteiger partial charge in [0.05, 0.1) is 17.9 Å². The summed E-state index contributed by atoms with van der Waals surface area (Å²) in [6.07, 6.45) is 6.57. The van der Waals surface area contributed by atoms with Gasteiger partial charge in [-0.1, -0.05) is 28.8 Å². The van der Waals surface area contributed by atoms with Gasteiger partial charge in [-0.05, 0) is 50.3 Å². The highest BCUT2D eigenvalue weighted by Gasteiger charge is 2.43. The highest BCUT2D eigenvalue weighted by molar-refractivity contribution is 9.10. The fourth-order valence-corrected chi connectivity index (χ4v) is 7.25. The molecule has 37 heavy (non-hydrogen) atoms. The maximum atomic E-state index is 14.0. The largest absolute Gasteiger partial charge is 0.486 e. The molecule has 198 valence electrons. The van der Waals surface area contributed by atoms with Crippen molar-refractivity contribution in [2.45, 2.75) is 64.5 Å². The number of fused-ring (bicyclic) bond motifs is 1. The van der Waals surface area contributed by atoms with Crippen molar-refractivity contribution in [1.29, 1.82) is 0 Å². The minimum Gasteiger partial charge on any atom is -0.486 e. The average Bonchev–Trinajstić information content (AvgIpc) is 3.50. The minimum absolute atomic E-state index is 0.0938. The molecule has 8 nitrogen and oxygen atoms in total. The summed E-state index contributed by atoms with van der Waals surface area (Å²) in [4.78, 5) is 47.9. The Kier molecular flexibility index (Phi) is 7.85. The molecule has 1 aromatic heterocycles. The van der Waals surface area contributed by atoms with Gasteiger partial charge in [-0.25, -0.2) is 4.98 Å². The van der Waals surface area contributed by atoms with E-state index in [1.54, 1.807) is 11.3 Å². The van der Waals surface area contributed by atoms with Crippen LogP contribution in [0.4, 0.5) is 0 Å². The summed E-state index contributed by atoms with van der Waals surface area (Å²) in [6, 6.07) is 3.48. The number of likely N-dealkylation sites (tertiary alicyclic amines) is 1. The summed E-state index contributed by atoms with van der Waals surface area (Å²) in [5.74, 6) is -1.44. The molecule has 1 unspecified atom stereocenters. The van der Waals surface area contributed by atoms with Crippen LogP contribution in [-0.2, 0) is 27.4 Å². The van der Waals surface area contributed by atoms with E-state index in [2.05, 4.69) is 20.9 Å². The molecule has 10 heteroatoms. The molecule has 2 aliphatic heterocycles. The maximum Gasteiger partial charge on any atom is 0.307 e. The Labute approximate surface area is 229 Å². The minimum atomic E-state index is -0.896. The lowest BCUT2D eigenvalue weighted by atomic mass is 9.77. The van der Waals surface area contributed by atoms with Gasteiger partial charge in [0.2, 0.25) is 11.8 Å². The van der Waals surface area contributed by atoms with Crippen molar-refractivity contribution in [2.24, 2.45) is 11.8 Å². The SMILES string of the molecule is Cc1cnc(COc2ccc(Br)c3c2[C@@H](CN2CCCC2=O)N(C(=O)C2CCCC[C@H]2C(=O)O)CC3)s1. The predicted molar refractivity (Wildman–Crippen MR) is 142 cm³/mol. The lowest BCUT2D eigenvalue weighted by Gasteiger charge is -2.43. The summed E-state index contributed by atoms with van der Waals surface area (Å²) in [5.41, 5.74) is 1.98. The van der Waals surface area contributed by atoms with Crippen LogP contribution < -0.4 is 4.74 Å². The smallest absolute Gasteiger partial charge is 0.307 e. The fourth-order valence-electron chi connectivity index (χ4n) is 6.01. The summed E-state index contributed by atoms with van der Waals surface area (Å²) >= 11 is 5.29. The molecule has 3 atom stereocenters. The summed E-state index contributed by atoms with van der Waals surface area (Å²) < 4.78 is 7.25. The van der Waals surface area contributed by atoms with E-state index in [4.69, 9.17) is 4.74 Å². The number of nitrogens with zero attached hydrogens (tertiary/aromatic N) is 3. The first-order chi connectivity index (χ1) is 17.8. The summed E-state index contributed by atoms with van der Waals surface area (Å²) in [5, 5.41) is 10.7. The van der Waals surface area contributed by atoms with Gasteiger partial charge < -0.3 is 19.6 Å². The molecular weight excluding hydrogens is 558 g/mol. The molecular formula is C27H32BrN3O5S. The van der Waals surface area contributed by atoms with Crippen molar-refractivity contribution in [3.63, 3.8) is 0 Å². The molecule has 1 aliphatic carbocycles. The first kappa shape index (κ1) is 26.2. The van der Waals surface area contributed by atoms with Gasteiger partial charge in [0.15, 0.2) is 0 Å². The van der Waals surface area contributed by atoms with Crippen molar-refractivity contribution in [2.75, 3.05) is 19.6 Å². The number of thiazole rings is 1. The molecule has 0 bridgehead atoms. The number of carboxylic acid groups (broad SMARTS) is 1. The Bertz CT molecular complexity index is 1200. The second-order valence-corrected chi connectivity index (χ2v) is 12.3. The van der Waals surface area contributed by atoms with Crippen molar-refractivity contribution in [3.8, 4) is 5.75 Å². The number of aromatic nitrogens is 1. The summed E-state index contributed by atoms with van der Waals surface area (Å²) in [6.45, 7) is 3.85. The second-order valence-electron chi connectivity index (χ2n) is 10.2. The van der Waals surface area contributed by atoms with Gasteiger partial charge in [-0.2, -0.15) is 0 Å². The van der Waals surface area contributed by atoms with E-state index in [1.165, 1.54) is 0 Å². The third-order valence-corrected chi connectivity index (χ3v) is 9.47. The monoisotopic (exact) mass is 589 g/mol. The van der Waals surface area contributed by atoms with Gasteiger partial charge in [0.25, 0.3) is 0 Å². The number of aliphatic carboxylic acids is 1. The number of halogens is 1.